The molecule has 4 rings (SSSR count). The summed E-state index contributed by atoms with van der Waals surface area (Å²) >= 11 is 0. The first-order valence-electron chi connectivity index (χ1n) is 9.68. The number of hydrogen-bond donors (Lipinski definition) is 0. The molecular formula is C24H24N2O5. The number of nitrogens with zero attached hydrogens (tertiary/aromatic N) is 2. The molecule has 0 amide bonds. The Morgan fingerprint density at radius 3 is 2.00 bits per heavy atom. The van der Waals surface area contributed by atoms with Gasteiger partial charge in [-0.05, 0) is 41.3 Å². The van der Waals surface area contributed by atoms with E-state index in [1.165, 1.54) is 0 Å². The van der Waals surface area contributed by atoms with Crippen LogP contribution in [0, 0.1) is 11.3 Å². The summed E-state index contributed by atoms with van der Waals surface area (Å²) in [6.45, 7) is 0. The maximum absolute atomic E-state index is 10.1. The zero-order chi connectivity index (χ0) is 22.3. The summed E-state index contributed by atoms with van der Waals surface area (Å²) in [4.78, 5) is 1.94. The molecule has 160 valence electrons. The van der Waals surface area contributed by atoms with Crippen LogP contribution in [0.3, 0.4) is 0 Å². The van der Waals surface area contributed by atoms with Crippen LogP contribution in [0.25, 0.3) is 21.9 Å². The van der Waals surface area contributed by atoms with Gasteiger partial charge in [0.05, 0.1) is 47.3 Å². The molecule has 0 aromatic heterocycles. The Morgan fingerprint density at radius 2 is 1.42 bits per heavy atom. The van der Waals surface area contributed by atoms with Crippen molar-refractivity contribution in [1.29, 1.82) is 5.26 Å². The van der Waals surface area contributed by atoms with Gasteiger partial charge in [-0.25, -0.2) is 0 Å². The number of fused-ring (bicyclic) bond motifs is 5. The third kappa shape index (κ3) is 2.87. The lowest BCUT2D eigenvalue weighted by atomic mass is 9.85. The first kappa shape index (κ1) is 20.5. The minimum atomic E-state index is -0.587. The lowest BCUT2D eigenvalue weighted by molar-refractivity contribution is 0.350. The molecule has 0 fully saturated rings. The molecule has 7 nitrogen and oxygen atoms in total. The van der Waals surface area contributed by atoms with Crippen LogP contribution in [0.5, 0.6) is 28.7 Å². The Hall–Kier alpha value is -3.79. The van der Waals surface area contributed by atoms with Crippen LogP contribution < -0.4 is 28.6 Å². The van der Waals surface area contributed by atoms with Crippen LogP contribution in [0.15, 0.2) is 30.3 Å². The molecule has 0 radical (unpaired) electrons. The van der Waals surface area contributed by atoms with Crippen molar-refractivity contribution >= 4 is 16.5 Å². The molecular weight excluding hydrogens is 396 g/mol. The second-order valence-corrected chi connectivity index (χ2v) is 7.14. The molecule has 7 heteroatoms. The molecule has 1 atom stereocenters. The summed E-state index contributed by atoms with van der Waals surface area (Å²) < 4.78 is 28.0. The molecule has 0 N–H and O–H groups in total. The number of nitriles is 1. The number of methoxy groups -OCH3 is 5. The Balaban J connectivity index is 2.18. The number of anilines is 1. The maximum Gasteiger partial charge on any atom is 0.167 e. The standard InChI is InChI=1S/C24H24N2O5/c1-26-16(12-25)21-14(7-8-17(27-2)24(21)31-6)22-20(30-5)10-13-9-18(28-3)19(29-4)11-15(13)23(22)26/h7-11,16H,1-6H3. The minimum Gasteiger partial charge on any atom is -0.496 e. The minimum absolute atomic E-state index is 0.540. The quantitative estimate of drug-likeness (QED) is 0.599. The average molecular weight is 420 g/mol. The Morgan fingerprint density at radius 1 is 0.806 bits per heavy atom. The van der Waals surface area contributed by atoms with Crippen molar-refractivity contribution in [3.05, 3.63) is 35.9 Å². The predicted octanol–water partition coefficient (Wildman–Crippen LogP) is 4.56. The van der Waals surface area contributed by atoms with Crippen molar-refractivity contribution in [3.8, 4) is 45.9 Å². The van der Waals surface area contributed by atoms with Crippen LogP contribution in [0.4, 0.5) is 5.69 Å². The molecule has 1 aliphatic heterocycles. The second kappa shape index (κ2) is 7.80. The van der Waals surface area contributed by atoms with Crippen LogP contribution >= 0.6 is 0 Å². The summed E-state index contributed by atoms with van der Waals surface area (Å²) in [5, 5.41) is 12.0. The lowest BCUT2D eigenvalue weighted by Gasteiger charge is -2.36. The average Bonchev–Trinajstić information content (AvgIpc) is 2.81. The zero-order valence-electron chi connectivity index (χ0n) is 18.4. The van der Waals surface area contributed by atoms with Crippen LogP contribution in [-0.4, -0.2) is 42.6 Å². The third-order valence-corrected chi connectivity index (χ3v) is 5.79. The van der Waals surface area contributed by atoms with Gasteiger partial charge in [0.1, 0.15) is 11.8 Å². The second-order valence-electron chi connectivity index (χ2n) is 7.14. The molecule has 31 heavy (non-hydrogen) atoms. The van der Waals surface area contributed by atoms with Gasteiger partial charge in [0, 0.05) is 23.6 Å². The molecule has 3 aromatic rings. The molecule has 1 heterocycles. The van der Waals surface area contributed by atoms with Crippen molar-refractivity contribution in [3.63, 3.8) is 0 Å². The smallest absolute Gasteiger partial charge is 0.167 e. The highest BCUT2D eigenvalue weighted by Gasteiger charge is 2.36. The highest BCUT2D eigenvalue weighted by atomic mass is 16.5. The van der Waals surface area contributed by atoms with Crippen molar-refractivity contribution in [2.45, 2.75) is 6.04 Å². The van der Waals surface area contributed by atoms with Gasteiger partial charge in [-0.15, -0.1) is 0 Å². The van der Waals surface area contributed by atoms with E-state index in [2.05, 4.69) is 6.07 Å². The van der Waals surface area contributed by atoms with Gasteiger partial charge in [0.15, 0.2) is 23.0 Å². The Bertz CT molecular complexity index is 1220. The Kier molecular flexibility index (Phi) is 5.15. The molecule has 0 spiro atoms. The number of ether oxygens (including phenoxy) is 5. The van der Waals surface area contributed by atoms with Crippen LogP contribution in [0.2, 0.25) is 0 Å². The largest absolute Gasteiger partial charge is 0.496 e. The summed E-state index contributed by atoms with van der Waals surface area (Å²) in [6.07, 6.45) is 0. The van der Waals surface area contributed by atoms with E-state index in [1.54, 1.807) is 35.5 Å². The lowest BCUT2D eigenvalue weighted by Crippen LogP contribution is -2.28. The van der Waals surface area contributed by atoms with Crippen molar-refractivity contribution in [1.82, 2.24) is 0 Å². The summed E-state index contributed by atoms with van der Waals surface area (Å²) in [6, 6.07) is 11.4. The van der Waals surface area contributed by atoms with E-state index in [-0.39, 0.29) is 0 Å². The maximum atomic E-state index is 10.1. The normalized spacial score (nSPS) is 14.4. The van der Waals surface area contributed by atoms with Gasteiger partial charge in [0.25, 0.3) is 0 Å². The summed E-state index contributed by atoms with van der Waals surface area (Å²) in [5.74, 6) is 3.04. The van der Waals surface area contributed by atoms with Gasteiger partial charge >= 0.3 is 0 Å². The molecule has 0 saturated heterocycles. The summed E-state index contributed by atoms with van der Waals surface area (Å²) in [7, 11) is 9.90. The van der Waals surface area contributed by atoms with E-state index in [9.17, 15) is 5.26 Å². The Labute approximate surface area is 181 Å². The van der Waals surface area contributed by atoms with Gasteiger partial charge in [0.2, 0.25) is 0 Å². The van der Waals surface area contributed by atoms with Crippen molar-refractivity contribution < 1.29 is 23.7 Å². The van der Waals surface area contributed by atoms with E-state index in [1.807, 2.05) is 42.3 Å². The number of benzene rings is 3. The van der Waals surface area contributed by atoms with E-state index in [0.29, 0.717) is 28.7 Å². The SMILES string of the molecule is COc1cc2cc(OC)c3c(c2cc1OC)N(C)C(C#N)c1c-3ccc(OC)c1OC. The number of rotatable bonds is 5. The summed E-state index contributed by atoms with van der Waals surface area (Å²) in [5.41, 5.74) is 3.37. The monoisotopic (exact) mass is 420 g/mol. The highest BCUT2D eigenvalue weighted by Crippen LogP contribution is 2.56. The number of hydrogen-bond acceptors (Lipinski definition) is 7. The zero-order valence-corrected chi connectivity index (χ0v) is 18.4. The van der Waals surface area contributed by atoms with Crippen LogP contribution in [0.1, 0.15) is 11.6 Å². The molecule has 1 unspecified atom stereocenters. The highest BCUT2D eigenvalue weighted by molar-refractivity contribution is 6.08. The van der Waals surface area contributed by atoms with E-state index in [0.717, 1.165) is 33.2 Å². The fourth-order valence-corrected chi connectivity index (χ4v) is 4.39. The van der Waals surface area contributed by atoms with Gasteiger partial charge in [-0.1, -0.05) is 0 Å². The van der Waals surface area contributed by atoms with Gasteiger partial charge in [-0.3, -0.25) is 0 Å². The van der Waals surface area contributed by atoms with E-state index >= 15 is 0 Å². The van der Waals surface area contributed by atoms with Crippen LogP contribution in [-0.2, 0) is 0 Å². The molecule has 1 aliphatic rings. The molecule has 0 aliphatic carbocycles. The van der Waals surface area contributed by atoms with E-state index < -0.39 is 6.04 Å². The predicted molar refractivity (Wildman–Crippen MR) is 119 cm³/mol. The van der Waals surface area contributed by atoms with Crippen molar-refractivity contribution in [2.24, 2.45) is 0 Å². The topological polar surface area (TPSA) is 73.2 Å². The molecule has 3 aromatic carbocycles. The fraction of sp³-hybridized carbons (Fsp3) is 0.292. The first-order valence-corrected chi connectivity index (χ1v) is 9.68. The van der Waals surface area contributed by atoms with E-state index in [4.69, 9.17) is 23.7 Å². The van der Waals surface area contributed by atoms with Crippen molar-refractivity contribution in [2.75, 3.05) is 47.5 Å². The van der Waals surface area contributed by atoms with Gasteiger partial charge in [-0.2, -0.15) is 5.26 Å². The fourth-order valence-electron chi connectivity index (χ4n) is 4.39. The molecule has 0 saturated carbocycles. The first-order chi connectivity index (χ1) is 15.0. The van der Waals surface area contributed by atoms with Gasteiger partial charge < -0.3 is 28.6 Å². The third-order valence-electron chi connectivity index (χ3n) is 5.79. The molecule has 0 bridgehead atoms.